The van der Waals surface area contributed by atoms with Gasteiger partial charge in [0.05, 0.1) is 6.10 Å². The highest BCUT2D eigenvalue weighted by Crippen LogP contribution is 2.07. The summed E-state index contributed by atoms with van der Waals surface area (Å²) >= 11 is 5.50. The Labute approximate surface area is 104 Å². The quantitative estimate of drug-likeness (QED) is 0.413. The lowest BCUT2D eigenvalue weighted by molar-refractivity contribution is 0.126. The third-order valence-electron chi connectivity index (χ3n) is 2.50. The van der Waals surface area contributed by atoms with Gasteiger partial charge in [-0.05, 0) is 32.2 Å². The lowest BCUT2D eigenvalue weighted by Gasteiger charge is -2.06. The van der Waals surface area contributed by atoms with Crippen LogP contribution in [0, 0.1) is 0 Å². The van der Waals surface area contributed by atoms with Gasteiger partial charge in [0.2, 0.25) is 0 Å². The van der Waals surface area contributed by atoms with E-state index in [1.807, 2.05) is 0 Å². The van der Waals surface area contributed by atoms with Crippen molar-refractivity contribution in [2.45, 2.75) is 51.0 Å². The van der Waals surface area contributed by atoms with Crippen LogP contribution in [0.15, 0.2) is 0 Å². The van der Waals surface area contributed by atoms with E-state index in [0.29, 0.717) is 5.88 Å². The zero-order chi connectivity index (χ0) is 12.1. The highest BCUT2D eigenvalue weighted by atomic mass is 35.5. The molecule has 0 heterocycles. The van der Waals surface area contributed by atoms with Crippen molar-refractivity contribution in [3.05, 3.63) is 0 Å². The first-order valence-corrected chi connectivity index (χ1v) is 6.86. The molecule has 0 fully saturated rings. The molecule has 16 heavy (non-hydrogen) atoms. The van der Waals surface area contributed by atoms with E-state index in [-0.39, 0.29) is 6.10 Å². The summed E-state index contributed by atoms with van der Waals surface area (Å²) in [4.78, 5) is 0. The van der Waals surface area contributed by atoms with Gasteiger partial charge in [0.1, 0.15) is 0 Å². The Hall–Kier alpha value is 0.170. The average molecular weight is 252 g/mol. The minimum absolute atomic E-state index is 0.325. The minimum Gasteiger partial charge on any atom is -0.392 e. The molecule has 0 aliphatic heterocycles. The summed E-state index contributed by atoms with van der Waals surface area (Å²) in [5, 5.41) is 9.21. The van der Waals surface area contributed by atoms with Gasteiger partial charge in [0, 0.05) is 19.1 Å². The molecular weight excluding hydrogens is 226 g/mol. The van der Waals surface area contributed by atoms with Gasteiger partial charge in [-0.3, -0.25) is 0 Å². The van der Waals surface area contributed by atoms with Crippen LogP contribution in [0.5, 0.6) is 0 Å². The predicted molar refractivity (Wildman–Crippen MR) is 68.9 cm³/mol. The first-order chi connectivity index (χ1) is 7.81. The van der Waals surface area contributed by atoms with Gasteiger partial charge in [0.15, 0.2) is 0 Å². The van der Waals surface area contributed by atoms with Crippen molar-refractivity contribution in [1.29, 1.82) is 0 Å². The second-order valence-corrected chi connectivity index (χ2v) is 4.43. The molecule has 0 rings (SSSR count). The van der Waals surface area contributed by atoms with Crippen molar-refractivity contribution in [2.75, 3.05) is 25.6 Å². The molecule has 0 aromatic rings. The molecule has 0 aliphatic rings. The van der Waals surface area contributed by atoms with Crippen LogP contribution in [-0.4, -0.2) is 36.8 Å². The standard InChI is InChI=1S/C12H26ClNO2/c13-11-12(15)7-3-1-2-5-9-16-10-6-4-8-14/h12,15H,1-11,14H2. The maximum atomic E-state index is 9.21. The average Bonchev–Trinajstić information content (AvgIpc) is 2.31. The number of ether oxygens (including phenoxy) is 1. The van der Waals surface area contributed by atoms with Crippen LogP contribution in [0.25, 0.3) is 0 Å². The number of aliphatic hydroxyl groups is 1. The Morgan fingerprint density at radius 1 is 1.00 bits per heavy atom. The van der Waals surface area contributed by atoms with Crippen molar-refractivity contribution in [2.24, 2.45) is 5.73 Å². The first-order valence-electron chi connectivity index (χ1n) is 6.33. The molecule has 4 heteroatoms. The number of hydrogen-bond donors (Lipinski definition) is 2. The van der Waals surface area contributed by atoms with Gasteiger partial charge in [-0.2, -0.15) is 0 Å². The molecule has 0 aromatic carbocycles. The van der Waals surface area contributed by atoms with Crippen LogP contribution in [0.3, 0.4) is 0 Å². The van der Waals surface area contributed by atoms with Gasteiger partial charge in [0.25, 0.3) is 0 Å². The van der Waals surface area contributed by atoms with Crippen LogP contribution >= 0.6 is 11.6 Å². The van der Waals surface area contributed by atoms with Gasteiger partial charge >= 0.3 is 0 Å². The summed E-state index contributed by atoms with van der Waals surface area (Å²) in [6.07, 6.45) is 7.11. The van der Waals surface area contributed by atoms with Crippen LogP contribution in [-0.2, 0) is 4.74 Å². The number of alkyl halides is 1. The number of nitrogens with two attached hydrogens (primary N) is 1. The van der Waals surface area contributed by atoms with Crippen molar-refractivity contribution < 1.29 is 9.84 Å². The Kier molecular flexibility index (Phi) is 13.4. The van der Waals surface area contributed by atoms with Crippen LogP contribution < -0.4 is 5.73 Å². The monoisotopic (exact) mass is 251 g/mol. The number of aliphatic hydroxyl groups excluding tert-OH is 1. The van der Waals surface area contributed by atoms with Gasteiger partial charge in [-0.15, -0.1) is 11.6 Å². The molecule has 1 atom stereocenters. The van der Waals surface area contributed by atoms with E-state index in [2.05, 4.69) is 0 Å². The second kappa shape index (κ2) is 13.2. The van der Waals surface area contributed by atoms with Crippen molar-refractivity contribution >= 4 is 11.6 Å². The molecule has 0 saturated heterocycles. The molecule has 0 saturated carbocycles. The van der Waals surface area contributed by atoms with Gasteiger partial charge < -0.3 is 15.6 Å². The minimum atomic E-state index is -0.325. The van der Waals surface area contributed by atoms with E-state index < -0.39 is 0 Å². The number of unbranched alkanes of at least 4 members (excludes halogenated alkanes) is 4. The van der Waals surface area contributed by atoms with Crippen LogP contribution in [0.4, 0.5) is 0 Å². The van der Waals surface area contributed by atoms with Crippen molar-refractivity contribution in [3.8, 4) is 0 Å². The molecule has 0 aromatic heterocycles. The second-order valence-electron chi connectivity index (χ2n) is 4.12. The fourth-order valence-electron chi connectivity index (χ4n) is 1.47. The molecule has 0 amide bonds. The molecule has 1 unspecified atom stereocenters. The van der Waals surface area contributed by atoms with Gasteiger partial charge in [-0.1, -0.05) is 19.3 Å². The molecule has 3 N–H and O–H groups in total. The van der Waals surface area contributed by atoms with Crippen LogP contribution in [0.1, 0.15) is 44.9 Å². The summed E-state index contributed by atoms with van der Waals surface area (Å²) in [7, 11) is 0. The number of hydrogen-bond acceptors (Lipinski definition) is 3. The van der Waals surface area contributed by atoms with E-state index in [4.69, 9.17) is 22.1 Å². The molecule has 3 nitrogen and oxygen atoms in total. The molecule has 98 valence electrons. The number of halogens is 1. The summed E-state index contributed by atoms with van der Waals surface area (Å²) in [5.41, 5.74) is 5.37. The normalized spacial score (nSPS) is 12.9. The van der Waals surface area contributed by atoms with Crippen molar-refractivity contribution in [1.82, 2.24) is 0 Å². The smallest absolute Gasteiger partial charge is 0.0675 e. The fraction of sp³-hybridized carbons (Fsp3) is 1.00. The molecule has 0 spiro atoms. The van der Waals surface area contributed by atoms with E-state index in [1.165, 1.54) is 6.42 Å². The lowest BCUT2D eigenvalue weighted by Crippen LogP contribution is -2.07. The molecule has 0 aliphatic carbocycles. The van der Waals surface area contributed by atoms with Crippen molar-refractivity contribution in [3.63, 3.8) is 0 Å². The highest BCUT2D eigenvalue weighted by Gasteiger charge is 2.00. The van der Waals surface area contributed by atoms with E-state index in [9.17, 15) is 5.11 Å². The third-order valence-corrected chi connectivity index (χ3v) is 2.85. The summed E-state index contributed by atoms with van der Waals surface area (Å²) < 4.78 is 5.46. The maximum Gasteiger partial charge on any atom is 0.0675 e. The summed E-state index contributed by atoms with van der Waals surface area (Å²) in [6, 6.07) is 0. The van der Waals surface area contributed by atoms with Crippen LogP contribution in [0.2, 0.25) is 0 Å². The van der Waals surface area contributed by atoms with E-state index in [1.54, 1.807) is 0 Å². The zero-order valence-corrected chi connectivity index (χ0v) is 10.9. The Balaban J connectivity index is 2.93. The molecule has 0 bridgehead atoms. The van der Waals surface area contributed by atoms with E-state index >= 15 is 0 Å². The molecule has 0 radical (unpaired) electrons. The topological polar surface area (TPSA) is 55.5 Å². The van der Waals surface area contributed by atoms with E-state index in [0.717, 1.165) is 58.3 Å². The zero-order valence-electron chi connectivity index (χ0n) is 10.2. The first kappa shape index (κ1) is 16.2. The third kappa shape index (κ3) is 12.2. The number of rotatable bonds is 12. The van der Waals surface area contributed by atoms with Gasteiger partial charge in [-0.25, -0.2) is 0 Å². The summed E-state index contributed by atoms with van der Waals surface area (Å²) in [5.74, 6) is 0.351. The fourth-order valence-corrected chi connectivity index (χ4v) is 1.62. The Morgan fingerprint density at radius 3 is 2.25 bits per heavy atom. The molecular formula is C12H26ClNO2. The summed E-state index contributed by atoms with van der Waals surface area (Å²) in [6.45, 7) is 2.44. The highest BCUT2D eigenvalue weighted by molar-refractivity contribution is 6.18. The Morgan fingerprint density at radius 2 is 1.62 bits per heavy atom. The maximum absolute atomic E-state index is 9.21. The largest absolute Gasteiger partial charge is 0.392 e. The Bertz CT molecular complexity index is 136. The SMILES string of the molecule is NCCCCOCCCCCCC(O)CCl. The lowest BCUT2D eigenvalue weighted by atomic mass is 10.1. The predicted octanol–water partition coefficient (Wildman–Crippen LogP) is 2.29.